The monoisotopic (exact) mass is 493 g/mol. The Bertz CT molecular complexity index is 1200. The molecule has 3 aromatic rings. The van der Waals surface area contributed by atoms with Crippen LogP contribution in [0.4, 0.5) is 5.82 Å². The Balaban J connectivity index is 1.37. The van der Waals surface area contributed by atoms with E-state index in [0.717, 1.165) is 30.1 Å². The van der Waals surface area contributed by atoms with Crippen molar-refractivity contribution < 1.29 is 19.0 Å². The van der Waals surface area contributed by atoms with Crippen LogP contribution in [0.5, 0.6) is 11.5 Å². The van der Waals surface area contributed by atoms with Crippen LogP contribution < -0.4 is 19.7 Å². The first kappa shape index (κ1) is 24.0. The summed E-state index contributed by atoms with van der Waals surface area (Å²) in [6.07, 6.45) is 5.07. The lowest BCUT2D eigenvalue weighted by Crippen LogP contribution is -2.54. The van der Waals surface area contributed by atoms with Crippen molar-refractivity contribution in [3.63, 3.8) is 0 Å². The second-order valence-corrected chi connectivity index (χ2v) is 8.95. The van der Waals surface area contributed by atoms with E-state index in [4.69, 9.17) is 19.2 Å². The largest absolute Gasteiger partial charge is 0.454 e. The molecule has 2 unspecified atom stereocenters. The summed E-state index contributed by atoms with van der Waals surface area (Å²) >= 11 is 0. The van der Waals surface area contributed by atoms with Crippen LogP contribution in [0, 0.1) is 6.92 Å². The number of aryl methyl sites for hydroxylation is 1. The van der Waals surface area contributed by atoms with E-state index in [1.807, 2.05) is 43.0 Å². The molecule has 2 aliphatic heterocycles. The number of fused-ring (bicyclic) bond motifs is 1. The number of hydrogen-bond acceptors (Lipinski definition) is 9. The number of nitrogens with zero attached hydrogens (tertiary/aromatic N) is 6. The molecule has 2 aromatic heterocycles. The fourth-order valence-corrected chi connectivity index (χ4v) is 4.44. The molecule has 0 bridgehead atoms. The molecule has 190 valence electrons. The maximum Gasteiger partial charge on any atom is 0.240 e. The van der Waals surface area contributed by atoms with Crippen LogP contribution in [0.25, 0.3) is 5.95 Å². The predicted molar refractivity (Wildman–Crippen MR) is 132 cm³/mol. The van der Waals surface area contributed by atoms with Gasteiger partial charge in [-0.05, 0) is 38.5 Å². The molecule has 5 rings (SSSR count). The highest BCUT2D eigenvalue weighted by atomic mass is 16.7. The smallest absolute Gasteiger partial charge is 0.240 e. The number of anilines is 1. The van der Waals surface area contributed by atoms with E-state index in [1.165, 1.54) is 0 Å². The summed E-state index contributed by atoms with van der Waals surface area (Å²) in [6, 6.07) is 7.42. The van der Waals surface area contributed by atoms with Gasteiger partial charge in [-0.3, -0.25) is 14.3 Å². The first-order chi connectivity index (χ1) is 17.5. The third-order valence-electron chi connectivity index (χ3n) is 6.47. The molecule has 11 nitrogen and oxygen atoms in total. The Morgan fingerprint density at radius 1 is 1.14 bits per heavy atom. The molecule has 0 spiro atoms. The zero-order valence-electron chi connectivity index (χ0n) is 20.8. The molecular formula is C25H31N7O4. The zero-order valence-corrected chi connectivity index (χ0v) is 20.8. The number of rotatable bonds is 8. The highest BCUT2D eigenvalue weighted by Crippen LogP contribution is 2.34. The van der Waals surface area contributed by atoms with Crippen LogP contribution >= 0.6 is 0 Å². The van der Waals surface area contributed by atoms with Crippen molar-refractivity contribution in [1.29, 1.82) is 0 Å². The molecule has 0 radical (unpaired) electrons. The number of carbonyl (C=O) groups excluding carboxylic acids is 1. The Labute approximate surface area is 210 Å². The van der Waals surface area contributed by atoms with Gasteiger partial charge < -0.3 is 24.4 Å². The topological polar surface area (TPSA) is 107 Å². The summed E-state index contributed by atoms with van der Waals surface area (Å²) in [6.45, 7) is 9.21. The molecule has 1 aromatic carbocycles. The van der Waals surface area contributed by atoms with Crippen LogP contribution in [-0.4, -0.2) is 76.1 Å². The lowest BCUT2D eigenvalue weighted by atomic mass is 10.1. The van der Waals surface area contributed by atoms with Gasteiger partial charge in [0.15, 0.2) is 11.5 Å². The second kappa shape index (κ2) is 10.5. The van der Waals surface area contributed by atoms with E-state index < -0.39 is 0 Å². The molecule has 1 N–H and O–H groups in total. The number of aromatic nitrogens is 4. The molecule has 0 saturated carbocycles. The Morgan fingerprint density at radius 3 is 2.72 bits per heavy atom. The first-order valence-electron chi connectivity index (χ1n) is 12.1. The number of imidazole rings is 1. The lowest BCUT2D eigenvalue weighted by Gasteiger charge is -2.40. The summed E-state index contributed by atoms with van der Waals surface area (Å²) in [5.41, 5.74) is 1.75. The van der Waals surface area contributed by atoms with Gasteiger partial charge in [0, 0.05) is 37.2 Å². The molecule has 1 saturated heterocycles. The number of carbonyl (C=O) groups is 1. The van der Waals surface area contributed by atoms with E-state index in [2.05, 4.69) is 27.1 Å². The normalized spacial score (nSPS) is 17.0. The molecule has 2 atom stereocenters. The Hall–Kier alpha value is -3.70. The number of ether oxygens (including phenoxy) is 3. The SMILES string of the molecule is Cc1cc(N(CC(=O)NC(C)c2ccc3c(c2)OCO3)C(C)N2CCOCC2)nc(-n2ccnc2)n1. The van der Waals surface area contributed by atoms with E-state index in [0.29, 0.717) is 30.7 Å². The van der Waals surface area contributed by atoms with E-state index in [1.54, 1.807) is 23.3 Å². The van der Waals surface area contributed by atoms with Crippen LogP contribution in [0.3, 0.4) is 0 Å². The van der Waals surface area contributed by atoms with Gasteiger partial charge in [-0.1, -0.05) is 6.07 Å². The summed E-state index contributed by atoms with van der Waals surface area (Å²) in [5.74, 6) is 2.49. The molecule has 1 fully saturated rings. The summed E-state index contributed by atoms with van der Waals surface area (Å²) < 4.78 is 18.2. The number of amides is 1. The minimum atomic E-state index is -0.207. The van der Waals surface area contributed by atoms with Gasteiger partial charge >= 0.3 is 0 Å². The summed E-state index contributed by atoms with van der Waals surface area (Å²) in [5, 5.41) is 3.12. The van der Waals surface area contributed by atoms with E-state index >= 15 is 0 Å². The van der Waals surface area contributed by atoms with Gasteiger partial charge in [0.1, 0.15) is 12.1 Å². The zero-order chi connectivity index (χ0) is 25.1. The number of hydrogen-bond donors (Lipinski definition) is 1. The van der Waals surface area contributed by atoms with Gasteiger partial charge in [-0.25, -0.2) is 9.97 Å². The molecule has 2 aliphatic rings. The molecule has 11 heteroatoms. The summed E-state index contributed by atoms with van der Waals surface area (Å²) in [7, 11) is 0. The van der Waals surface area contributed by atoms with Gasteiger partial charge in [0.25, 0.3) is 0 Å². The Morgan fingerprint density at radius 2 is 1.94 bits per heavy atom. The fourth-order valence-electron chi connectivity index (χ4n) is 4.44. The van der Waals surface area contributed by atoms with Crippen LogP contribution in [0.15, 0.2) is 43.0 Å². The molecule has 36 heavy (non-hydrogen) atoms. The molecule has 0 aliphatic carbocycles. The van der Waals surface area contributed by atoms with Crippen molar-refractivity contribution in [1.82, 2.24) is 29.7 Å². The predicted octanol–water partition coefficient (Wildman–Crippen LogP) is 2.06. The average Bonchev–Trinajstić information content (AvgIpc) is 3.59. The van der Waals surface area contributed by atoms with Crippen LogP contribution in [0.2, 0.25) is 0 Å². The standard InChI is InChI=1S/C25H31N7O4/c1-17-12-23(29-25(27-17)31-7-6-26-15-31)32(19(3)30-8-10-34-11-9-30)14-24(33)28-18(2)20-4-5-21-22(13-20)36-16-35-21/h4-7,12-13,15,18-19H,8-11,14,16H2,1-3H3,(H,28,33). The van der Waals surface area contributed by atoms with Gasteiger partial charge in [0.2, 0.25) is 18.6 Å². The molecule has 1 amide bonds. The number of morpholine rings is 1. The van der Waals surface area contributed by atoms with Gasteiger partial charge in [0.05, 0.1) is 32.0 Å². The quantitative estimate of drug-likeness (QED) is 0.505. The highest BCUT2D eigenvalue weighted by Gasteiger charge is 2.27. The minimum absolute atomic E-state index is 0.0783. The molecular weight excluding hydrogens is 462 g/mol. The number of nitrogens with one attached hydrogen (secondary N) is 1. The molecule has 4 heterocycles. The van der Waals surface area contributed by atoms with Crippen molar-refractivity contribution >= 4 is 11.7 Å². The average molecular weight is 494 g/mol. The summed E-state index contributed by atoms with van der Waals surface area (Å²) in [4.78, 5) is 31.1. The van der Waals surface area contributed by atoms with Gasteiger partial charge in [-0.15, -0.1) is 0 Å². The van der Waals surface area contributed by atoms with Crippen LogP contribution in [0.1, 0.15) is 31.1 Å². The second-order valence-electron chi connectivity index (χ2n) is 8.95. The van der Waals surface area contributed by atoms with Crippen molar-refractivity contribution in [2.45, 2.75) is 33.0 Å². The van der Waals surface area contributed by atoms with Crippen molar-refractivity contribution in [3.8, 4) is 17.4 Å². The van der Waals surface area contributed by atoms with Crippen molar-refractivity contribution in [2.24, 2.45) is 0 Å². The Kier molecular flexibility index (Phi) is 7.01. The van der Waals surface area contributed by atoms with Crippen molar-refractivity contribution in [3.05, 3.63) is 54.2 Å². The highest BCUT2D eigenvalue weighted by molar-refractivity contribution is 5.81. The maximum absolute atomic E-state index is 13.3. The maximum atomic E-state index is 13.3. The first-order valence-corrected chi connectivity index (χ1v) is 12.1. The lowest BCUT2D eigenvalue weighted by molar-refractivity contribution is -0.120. The van der Waals surface area contributed by atoms with Crippen molar-refractivity contribution in [2.75, 3.05) is 44.5 Å². The van der Waals surface area contributed by atoms with E-state index in [9.17, 15) is 4.79 Å². The van der Waals surface area contributed by atoms with Gasteiger partial charge in [-0.2, -0.15) is 4.98 Å². The minimum Gasteiger partial charge on any atom is -0.454 e. The van der Waals surface area contributed by atoms with Crippen LogP contribution in [-0.2, 0) is 9.53 Å². The third kappa shape index (κ3) is 5.26. The fraction of sp³-hybridized carbons (Fsp3) is 0.440. The number of benzene rings is 1. The van der Waals surface area contributed by atoms with E-state index in [-0.39, 0.29) is 31.5 Å². The third-order valence-corrected chi connectivity index (χ3v) is 6.47.